The molecule has 0 radical (unpaired) electrons. The minimum atomic E-state index is -0.0772. The standard InChI is InChI=1S/C16H18N4O2/c21-10-14-19-13-8-18-12-2-1-5-17-15(12)16(13)20(14)9-11-3-6-22-7-4-11/h1-2,5,8,11,21H,3-4,6-7,9-10H2. The van der Waals surface area contributed by atoms with Crippen molar-refractivity contribution in [3.63, 3.8) is 0 Å². The van der Waals surface area contributed by atoms with Crippen LogP contribution in [-0.2, 0) is 17.9 Å². The fourth-order valence-electron chi connectivity index (χ4n) is 3.18. The number of aliphatic hydroxyl groups is 1. The summed E-state index contributed by atoms with van der Waals surface area (Å²) < 4.78 is 7.55. The van der Waals surface area contributed by atoms with Gasteiger partial charge in [-0.05, 0) is 30.9 Å². The van der Waals surface area contributed by atoms with Crippen LogP contribution in [-0.4, -0.2) is 37.8 Å². The van der Waals surface area contributed by atoms with Gasteiger partial charge in [-0.1, -0.05) is 0 Å². The second-order valence-electron chi connectivity index (χ2n) is 5.72. The lowest BCUT2D eigenvalue weighted by Crippen LogP contribution is -2.21. The predicted molar refractivity (Wildman–Crippen MR) is 82.3 cm³/mol. The zero-order chi connectivity index (χ0) is 14.9. The summed E-state index contributed by atoms with van der Waals surface area (Å²) >= 11 is 0. The molecular weight excluding hydrogens is 280 g/mol. The summed E-state index contributed by atoms with van der Waals surface area (Å²) in [6.45, 7) is 2.39. The van der Waals surface area contributed by atoms with Crippen LogP contribution in [0.25, 0.3) is 22.1 Å². The van der Waals surface area contributed by atoms with E-state index in [0.29, 0.717) is 11.7 Å². The molecule has 1 aliphatic heterocycles. The molecule has 1 N–H and O–H groups in total. The van der Waals surface area contributed by atoms with Gasteiger partial charge < -0.3 is 14.4 Å². The van der Waals surface area contributed by atoms with E-state index >= 15 is 0 Å². The molecule has 0 spiro atoms. The Labute approximate surface area is 127 Å². The maximum Gasteiger partial charge on any atom is 0.135 e. The Morgan fingerprint density at radius 1 is 1.23 bits per heavy atom. The molecule has 6 heteroatoms. The van der Waals surface area contributed by atoms with E-state index in [1.165, 1.54) is 0 Å². The number of aromatic nitrogens is 4. The first-order chi connectivity index (χ1) is 10.9. The van der Waals surface area contributed by atoms with E-state index in [1.54, 1.807) is 12.4 Å². The van der Waals surface area contributed by atoms with Gasteiger partial charge in [-0.15, -0.1) is 0 Å². The smallest absolute Gasteiger partial charge is 0.135 e. The second-order valence-corrected chi connectivity index (χ2v) is 5.72. The van der Waals surface area contributed by atoms with Gasteiger partial charge >= 0.3 is 0 Å². The number of hydrogen-bond donors (Lipinski definition) is 1. The van der Waals surface area contributed by atoms with E-state index in [9.17, 15) is 5.11 Å². The summed E-state index contributed by atoms with van der Waals surface area (Å²) in [5, 5.41) is 9.67. The molecule has 1 fully saturated rings. The van der Waals surface area contributed by atoms with E-state index in [4.69, 9.17) is 4.74 Å². The topological polar surface area (TPSA) is 73.1 Å². The molecule has 0 amide bonds. The summed E-state index contributed by atoms with van der Waals surface area (Å²) in [5.41, 5.74) is 3.47. The summed E-state index contributed by atoms with van der Waals surface area (Å²) in [4.78, 5) is 13.4. The van der Waals surface area contributed by atoms with E-state index in [0.717, 1.165) is 54.7 Å². The third-order valence-electron chi connectivity index (χ3n) is 4.33. The molecule has 1 saturated heterocycles. The molecule has 4 heterocycles. The third kappa shape index (κ3) is 2.24. The van der Waals surface area contributed by atoms with E-state index in [2.05, 4.69) is 19.5 Å². The van der Waals surface area contributed by atoms with Gasteiger partial charge in [0.15, 0.2) is 0 Å². The number of nitrogens with zero attached hydrogens (tertiary/aromatic N) is 4. The van der Waals surface area contributed by atoms with Crippen LogP contribution >= 0.6 is 0 Å². The largest absolute Gasteiger partial charge is 0.388 e. The lowest BCUT2D eigenvalue weighted by atomic mass is 10.0. The first kappa shape index (κ1) is 13.6. The highest BCUT2D eigenvalue weighted by molar-refractivity contribution is 5.99. The highest BCUT2D eigenvalue weighted by atomic mass is 16.5. The van der Waals surface area contributed by atoms with Crippen LogP contribution in [0.5, 0.6) is 0 Å². The number of ether oxygens (including phenoxy) is 1. The van der Waals surface area contributed by atoms with Gasteiger partial charge in [-0.25, -0.2) is 4.98 Å². The number of rotatable bonds is 3. The normalized spacial score (nSPS) is 16.6. The summed E-state index contributed by atoms with van der Waals surface area (Å²) in [7, 11) is 0. The van der Waals surface area contributed by atoms with Crippen molar-refractivity contribution in [1.82, 2.24) is 19.5 Å². The molecule has 0 aliphatic carbocycles. The molecule has 1 aliphatic rings. The zero-order valence-corrected chi connectivity index (χ0v) is 12.3. The summed E-state index contributed by atoms with van der Waals surface area (Å²) in [5.74, 6) is 1.23. The Bertz CT molecular complexity index is 808. The van der Waals surface area contributed by atoms with Crippen molar-refractivity contribution in [1.29, 1.82) is 0 Å². The highest BCUT2D eigenvalue weighted by Gasteiger charge is 2.20. The van der Waals surface area contributed by atoms with Crippen molar-refractivity contribution in [2.45, 2.75) is 26.0 Å². The molecule has 3 aromatic rings. The van der Waals surface area contributed by atoms with Crippen molar-refractivity contribution in [2.75, 3.05) is 13.2 Å². The molecule has 0 bridgehead atoms. The Morgan fingerprint density at radius 3 is 2.91 bits per heavy atom. The SMILES string of the molecule is OCc1nc2cnc3cccnc3c2n1CC1CCOCC1. The molecule has 22 heavy (non-hydrogen) atoms. The number of fused-ring (bicyclic) bond motifs is 3. The number of hydrogen-bond acceptors (Lipinski definition) is 5. The van der Waals surface area contributed by atoms with Crippen molar-refractivity contribution >= 4 is 22.1 Å². The molecule has 4 rings (SSSR count). The van der Waals surface area contributed by atoms with Crippen molar-refractivity contribution in [3.8, 4) is 0 Å². The van der Waals surface area contributed by atoms with Gasteiger partial charge in [0, 0.05) is 26.0 Å². The average molecular weight is 298 g/mol. The quantitative estimate of drug-likeness (QED) is 0.799. The van der Waals surface area contributed by atoms with Crippen LogP contribution in [0.2, 0.25) is 0 Å². The maximum atomic E-state index is 9.67. The molecule has 0 aromatic carbocycles. The summed E-state index contributed by atoms with van der Waals surface area (Å²) in [6.07, 6.45) is 5.62. The lowest BCUT2D eigenvalue weighted by Gasteiger charge is -2.23. The van der Waals surface area contributed by atoms with Gasteiger partial charge in [-0.3, -0.25) is 9.97 Å². The number of aliphatic hydroxyl groups excluding tert-OH is 1. The minimum Gasteiger partial charge on any atom is -0.388 e. The highest BCUT2D eigenvalue weighted by Crippen LogP contribution is 2.26. The number of pyridine rings is 2. The molecule has 6 nitrogen and oxygen atoms in total. The van der Waals surface area contributed by atoms with Crippen LogP contribution < -0.4 is 0 Å². The van der Waals surface area contributed by atoms with Crippen LogP contribution in [0.1, 0.15) is 18.7 Å². The molecule has 0 saturated carbocycles. The fraction of sp³-hybridized carbons (Fsp3) is 0.438. The minimum absolute atomic E-state index is 0.0772. The van der Waals surface area contributed by atoms with Crippen molar-refractivity contribution < 1.29 is 9.84 Å². The van der Waals surface area contributed by atoms with Crippen LogP contribution in [0.15, 0.2) is 24.5 Å². The Balaban J connectivity index is 1.88. The van der Waals surface area contributed by atoms with Crippen LogP contribution in [0.3, 0.4) is 0 Å². The van der Waals surface area contributed by atoms with Gasteiger partial charge in [0.1, 0.15) is 23.5 Å². The number of imidazole rings is 1. The first-order valence-electron chi connectivity index (χ1n) is 7.64. The van der Waals surface area contributed by atoms with Gasteiger partial charge in [0.25, 0.3) is 0 Å². The lowest BCUT2D eigenvalue weighted by molar-refractivity contribution is 0.0610. The van der Waals surface area contributed by atoms with Crippen molar-refractivity contribution in [3.05, 3.63) is 30.4 Å². The van der Waals surface area contributed by atoms with Gasteiger partial charge in [0.05, 0.1) is 17.2 Å². The second kappa shape index (κ2) is 5.62. The molecule has 0 atom stereocenters. The van der Waals surface area contributed by atoms with E-state index in [1.807, 2.05) is 12.1 Å². The zero-order valence-electron chi connectivity index (χ0n) is 12.3. The molecule has 114 valence electrons. The van der Waals surface area contributed by atoms with E-state index < -0.39 is 0 Å². The molecular formula is C16H18N4O2. The monoisotopic (exact) mass is 298 g/mol. The van der Waals surface area contributed by atoms with Crippen LogP contribution in [0.4, 0.5) is 0 Å². The first-order valence-corrected chi connectivity index (χ1v) is 7.64. The van der Waals surface area contributed by atoms with Gasteiger partial charge in [-0.2, -0.15) is 0 Å². The fourth-order valence-corrected chi connectivity index (χ4v) is 3.18. The average Bonchev–Trinajstić information content (AvgIpc) is 2.94. The maximum absolute atomic E-state index is 9.67. The molecule has 0 unspecified atom stereocenters. The Hall–Kier alpha value is -2.05. The predicted octanol–water partition coefficient (Wildman–Crippen LogP) is 1.90. The Morgan fingerprint density at radius 2 is 2.09 bits per heavy atom. The van der Waals surface area contributed by atoms with Gasteiger partial charge in [0.2, 0.25) is 0 Å². The Kier molecular flexibility index (Phi) is 3.48. The van der Waals surface area contributed by atoms with Crippen molar-refractivity contribution in [2.24, 2.45) is 5.92 Å². The summed E-state index contributed by atoms with van der Waals surface area (Å²) in [6, 6.07) is 3.83. The van der Waals surface area contributed by atoms with Crippen LogP contribution in [0, 0.1) is 5.92 Å². The van der Waals surface area contributed by atoms with E-state index in [-0.39, 0.29) is 6.61 Å². The molecule has 3 aromatic heterocycles. The third-order valence-corrected chi connectivity index (χ3v) is 4.33.